The van der Waals surface area contributed by atoms with Gasteiger partial charge in [-0.15, -0.1) is 11.8 Å². The van der Waals surface area contributed by atoms with Gasteiger partial charge in [-0.05, 0) is 48.9 Å². The molecule has 5 nitrogen and oxygen atoms in total. The van der Waals surface area contributed by atoms with Crippen molar-refractivity contribution in [1.82, 2.24) is 5.32 Å². The van der Waals surface area contributed by atoms with Crippen LogP contribution in [0.1, 0.15) is 21.7 Å². The van der Waals surface area contributed by atoms with E-state index in [2.05, 4.69) is 10.6 Å². The number of hydrogen-bond acceptors (Lipinski definition) is 4. The molecule has 1 aromatic heterocycles. The van der Waals surface area contributed by atoms with Crippen LogP contribution in [0.5, 0.6) is 0 Å². The molecular weight excluding hydrogens is 360 g/mol. The van der Waals surface area contributed by atoms with Gasteiger partial charge in [0.2, 0.25) is 5.91 Å². The molecule has 6 heteroatoms. The normalized spacial score (nSPS) is 10.4. The monoisotopic (exact) mass is 380 g/mol. The Hall–Kier alpha value is -2.99. The highest BCUT2D eigenvalue weighted by atomic mass is 32.2. The lowest BCUT2D eigenvalue weighted by Gasteiger charge is -2.07. The quantitative estimate of drug-likeness (QED) is 0.601. The fourth-order valence-corrected chi connectivity index (χ4v) is 3.07. The van der Waals surface area contributed by atoms with E-state index in [-0.39, 0.29) is 17.6 Å². The van der Waals surface area contributed by atoms with E-state index >= 15 is 0 Å². The number of hydrogen-bond donors (Lipinski definition) is 2. The highest BCUT2D eigenvalue weighted by Crippen LogP contribution is 2.18. The van der Waals surface area contributed by atoms with Gasteiger partial charge >= 0.3 is 0 Å². The number of benzene rings is 2. The summed E-state index contributed by atoms with van der Waals surface area (Å²) < 4.78 is 5.06. The predicted octanol–water partition coefficient (Wildman–Crippen LogP) is 4.25. The number of aryl methyl sites for hydroxylation is 1. The van der Waals surface area contributed by atoms with Gasteiger partial charge in [0.1, 0.15) is 0 Å². The van der Waals surface area contributed by atoms with Gasteiger partial charge in [0.15, 0.2) is 5.76 Å². The first kappa shape index (κ1) is 18.8. The van der Waals surface area contributed by atoms with Crippen molar-refractivity contribution < 1.29 is 14.0 Å². The molecular formula is C21H20N2O3S. The van der Waals surface area contributed by atoms with Crippen molar-refractivity contribution in [2.24, 2.45) is 0 Å². The van der Waals surface area contributed by atoms with E-state index in [0.717, 1.165) is 10.5 Å². The molecule has 0 saturated heterocycles. The van der Waals surface area contributed by atoms with Gasteiger partial charge in [0.25, 0.3) is 5.91 Å². The first-order chi connectivity index (χ1) is 13.1. The summed E-state index contributed by atoms with van der Waals surface area (Å²) in [7, 11) is 0. The molecule has 0 atom stereocenters. The van der Waals surface area contributed by atoms with Crippen LogP contribution in [0.4, 0.5) is 5.69 Å². The number of anilines is 1. The summed E-state index contributed by atoms with van der Waals surface area (Å²) in [6.07, 6.45) is 1.46. The summed E-state index contributed by atoms with van der Waals surface area (Å²) in [6, 6.07) is 18.7. The molecule has 1 heterocycles. The van der Waals surface area contributed by atoms with E-state index in [0.29, 0.717) is 18.0 Å². The third-order valence-corrected chi connectivity index (χ3v) is 4.85. The molecule has 2 amide bonds. The first-order valence-corrected chi connectivity index (χ1v) is 9.49. The molecule has 0 aliphatic rings. The Morgan fingerprint density at radius 1 is 1.00 bits per heavy atom. The summed E-state index contributed by atoms with van der Waals surface area (Å²) in [4.78, 5) is 25.0. The Kier molecular flexibility index (Phi) is 6.33. The van der Waals surface area contributed by atoms with Gasteiger partial charge in [0.05, 0.1) is 12.0 Å². The SMILES string of the molecule is Cc1ccc(SCC(=O)NCc2ccc(NC(=O)c3ccco3)cc2)cc1. The molecule has 0 spiro atoms. The molecule has 3 aromatic rings. The molecule has 0 fully saturated rings. The summed E-state index contributed by atoms with van der Waals surface area (Å²) >= 11 is 1.51. The van der Waals surface area contributed by atoms with Crippen LogP contribution >= 0.6 is 11.8 Å². The van der Waals surface area contributed by atoms with E-state index in [4.69, 9.17) is 4.42 Å². The van der Waals surface area contributed by atoms with Crippen LogP contribution in [0.15, 0.2) is 76.2 Å². The Morgan fingerprint density at radius 3 is 2.41 bits per heavy atom. The maximum absolute atomic E-state index is 12.0. The van der Waals surface area contributed by atoms with Crippen LogP contribution in [0.25, 0.3) is 0 Å². The number of thioether (sulfide) groups is 1. The number of carbonyl (C=O) groups excluding carboxylic acids is 2. The number of carbonyl (C=O) groups is 2. The molecule has 0 aliphatic heterocycles. The maximum atomic E-state index is 12.0. The lowest BCUT2D eigenvalue weighted by atomic mass is 10.2. The second-order valence-electron chi connectivity index (χ2n) is 6.01. The minimum absolute atomic E-state index is 0.0178. The van der Waals surface area contributed by atoms with Crippen LogP contribution in [-0.2, 0) is 11.3 Å². The first-order valence-electron chi connectivity index (χ1n) is 8.50. The molecule has 0 unspecified atom stereocenters. The van der Waals surface area contributed by atoms with Crippen LogP contribution in [0.3, 0.4) is 0 Å². The number of rotatable bonds is 7. The van der Waals surface area contributed by atoms with Gasteiger partial charge in [-0.2, -0.15) is 0 Å². The molecule has 2 aromatic carbocycles. The van der Waals surface area contributed by atoms with Gasteiger partial charge in [0, 0.05) is 17.1 Å². The Bertz CT molecular complexity index is 888. The van der Waals surface area contributed by atoms with Crippen LogP contribution in [-0.4, -0.2) is 17.6 Å². The summed E-state index contributed by atoms with van der Waals surface area (Å²) in [5, 5.41) is 5.66. The average Bonchev–Trinajstić information content (AvgIpc) is 3.22. The van der Waals surface area contributed by atoms with E-state index in [9.17, 15) is 9.59 Å². The lowest BCUT2D eigenvalue weighted by molar-refractivity contribution is -0.118. The van der Waals surface area contributed by atoms with Crippen molar-refractivity contribution in [3.8, 4) is 0 Å². The van der Waals surface area contributed by atoms with Crippen molar-refractivity contribution in [2.45, 2.75) is 18.4 Å². The maximum Gasteiger partial charge on any atom is 0.291 e. The molecule has 138 valence electrons. The lowest BCUT2D eigenvalue weighted by Crippen LogP contribution is -2.24. The Balaban J connectivity index is 1.43. The second-order valence-corrected chi connectivity index (χ2v) is 7.06. The molecule has 27 heavy (non-hydrogen) atoms. The van der Waals surface area contributed by atoms with E-state index in [1.165, 1.54) is 23.6 Å². The number of nitrogens with one attached hydrogen (secondary N) is 2. The predicted molar refractivity (Wildman–Crippen MR) is 107 cm³/mol. The average molecular weight is 380 g/mol. The highest BCUT2D eigenvalue weighted by Gasteiger charge is 2.08. The minimum Gasteiger partial charge on any atom is -0.459 e. The van der Waals surface area contributed by atoms with Gasteiger partial charge in [-0.1, -0.05) is 29.8 Å². The topological polar surface area (TPSA) is 71.3 Å². The van der Waals surface area contributed by atoms with Crippen LogP contribution in [0, 0.1) is 6.92 Å². The fourth-order valence-electron chi connectivity index (χ4n) is 2.34. The second kappa shape index (κ2) is 9.09. The van der Waals surface area contributed by atoms with E-state index in [1.807, 2.05) is 43.3 Å². The van der Waals surface area contributed by atoms with Crippen LogP contribution < -0.4 is 10.6 Å². The van der Waals surface area contributed by atoms with Gasteiger partial charge in [-0.3, -0.25) is 9.59 Å². The zero-order valence-electron chi connectivity index (χ0n) is 14.9. The minimum atomic E-state index is -0.297. The highest BCUT2D eigenvalue weighted by molar-refractivity contribution is 8.00. The number of amides is 2. The summed E-state index contributed by atoms with van der Waals surface area (Å²) in [6.45, 7) is 2.48. The standard InChI is InChI=1S/C21H20N2O3S/c1-15-4-10-18(11-5-15)27-14-20(24)22-13-16-6-8-17(9-7-16)23-21(25)19-3-2-12-26-19/h2-12H,13-14H2,1H3,(H,22,24)(H,23,25). The van der Waals surface area contributed by atoms with Gasteiger partial charge in [-0.25, -0.2) is 0 Å². The van der Waals surface area contributed by atoms with Crippen molar-refractivity contribution in [2.75, 3.05) is 11.1 Å². The molecule has 2 N–H and O–H groups in total. The van der Waals surface area contributed by atoms with Crippen molar-refractivity contribution >= 4 is 29.3 Å². The zero-order chi connectivity index (χ0) is 19.1. The fraction of sp³-hybridized carbons (Fsp3) is 0.143. The van der Waals surface area contributed by atoms with Crippen molar-refractivity contribution in [3.63, 3.8) is 0 Å². The third kappa shape index (κ3) is 5.76. The van der Waals surface area contributed by atoms with Crippen LogP contribution in [0.2, 0.25) is 0 Å². The Morgan fingerprint density at radius 2 is 1.74 bits per heavy atom. The zero-order valence-corrected chi connectivity index (χ0v) is 15.7. The molecule has 0 bridgehead atoms. The van der Waals surface area contributed by atoms with Gasteiger partial charge < -0.3 is 15.1 Å². The molecule has 3 rings (SSSR count). The largest absolute Gasteiger partial charge is 0.459 e. The Labute approximate surface area is 162 Å². The number of furan rings is 1. The molecule has 0 saturated carbocycles. The molecule has 0 radical (unpaired) electrons. The molecule has 0 aliphatic carbocycles. The van der Waals surface area contributed by atoms with E-state index < -0.39 is 0 Å². The van der Waals surface area contributed by atoms with Crippen molar-refractivity contribution in [1.29, 1.82) is 0 Å². The van der Waals surface area contributed by atoms with E-state index in [1.54, 1.807) is 24.3 Å². The summed E-state index contributed by atoms with van der Waals surface area (Å²) in [5.74, 6) is 0.322. The third-order valence-electron chi connectivity index (χ3n) is 3.84. The summed E-state index contributed by atoms with van der Waals surface area (Å²) in [5.41, 5.74) is 2.83. The smallest absolute Gasteiger partial charge is 0.291 e. The van der Waals surface area contributed by atoms with Crippen molar-refractivity contribution in [3.05, 3.63) is 83.8 Å².